The normalized spacial score (nSPS) is 15.8. The predicted octanol–water partition coefficient (Wildman–Crippen LogP) is 5.24. The van der Waals surface area contributed by atoms with Gasteiger partial charge in [-0.3, -0.25) is 4.79 Å². The van der Waals surface area contributed by atoms with Gasteiger partial charge in [-0.05, 0) is 26.2 Å². The fourth-order valence-electron chi connectivity index (χ4n) is 2.78. The lowest BCUT2D eigenvalue weighted by Crippen LogP contribution is -2.09. The molecule has 1 saturated carbocycles. The molecule has 134 valence electrons. The van der Waals surface area contributed by atoms with E-state index in [1.807, 2.05) is 6.92 Å². The molecule has 24 heavy (non-hydrogen) atoms. The molecule has 1 aromatic rings. The van der Waals surface area contributed by atoms with Gasteiger partial charge in [0.25, 0.3) is 5.88 Å². The Morgan fingerprint density at radius 2 is 2.04 bits per heavy atom. The van der Waals surface area contributed by atoms with Crippen LogP contribution in [0.15, 0.2) is 0 Å². The number of esters is 1. The Labute approximate surface area is 149 Å². The highest BCUT2D eigenvalue weighted by atomic mass is 32.1. The molecule has 2 rings (SSSR count). The zero-order valence-electron chi connectivity index (χ0n) is 15.1. The highest BCUT2D eigenvalue weighted by Gasteiger charge is 2.23. The van der Waals surface area contributed by atoms with E-state index in [1.54, 1.807) is 0 Å². The lowest BCUT2D eigenvalue weighted by atomic mass is 9.87. The number of aromatic nitrogens is 2. The van der Waals surface area contributed by atoms with Crippen molar-refractivity contribution in [1.29, 1.82) is 5.26 Å². The number of nitriles is 1. The largest absolute Gasteiger partial charge is 0.405 e. The SMILES string of the molecule is CC(=O)Oc1nsnc1C1CCCCC1.CCCCCC(C)C#N. The monoisotopic (exact) mass is 351 g/mol. The average molecular weight is 352 g/mol. The van der Waals surface area contributed by atoms with Gasteiger partial charge in [-0.1, -0.05) is 45.4 Å². The van der Waals surface area contributed by atoms with Crippen LogP contribution in [-0.4, -0.2) is 14.7 Å². The van der Waals surface area contributed by atoms with Gasteiger partial charge in [0.2, 0.25) is 0 Å². The van der Waals surface area contributed by atoms with E-state index in [0.717, 1.165) is 36.7 Å². The Hall–Kier alpha value is -1.48. The van der Waals surface area contributed by atoms with Crippen molar-refractivity contribution < 1.29 is 9.53 Å². The Kier molecular flexibility index (Phi) is 10.3. The number of hydrogen-bond donors (Lipinski definition) is 0. The number of hydrogen-bond acceptors (Lipinski definition) is 6. The maximum atomic E-state index is 10.9. The van der Waals surface area contributed by atoms with E-state index in [9.17, 15) is 4.79 Å². The van der Waals surface area contributed by atoms with E-state index in [0.29, 0.717) is 11.8 Å². The minimum atomic E-state index is -0.320. The van der Waals surface area contributed by atoms with Gasteiger partial charge in [0, 0.05) is 18.8 Å². The van der Waals surface area contributed by atoms with Crippen LogP contribution in [0.1, 0.15) is 90.2 Å². The number of rotatable bonds is 6. The third kappa shape index (κ3) is 7.87. The first-order valence-electron chi connectivity index (χ1n) is 8.98. The van der Waals surface area contributed by atoms with E-state index in [4.69, 9.17) is 10.00 Å². The standard InChI is InChI=1S/C10H14N2O2S.C8H15N/c1-7(13)14-10-9(11-15-12-10)8-5-3-2-4-6-8;1-3-4-5-6-8(2)7-9/h8H,2-6H2,1H3;8H,3-6H2,1-2H3. The molecule has 1 atom stereocenters. The molecule has 0 bridgehead atoms. The summed E-state index contributed by atoms with van der Waals surface area (Å²) in [5, 5.41) is 8.38. The highest BCUT2D eigenvalue weighted by Crippen LogP contribution is 2.36. The average Bonchev–Trinajstić information content (AvgIpc) is 3.03. The first-order valence-corrected chi connectivity index (χ1v) is 9.72. The molecule has 0 spiro atoms. The maximum Gasteiger partial charge on any atom is 0.309 e. The van der Waals surface area contributed by atoms with E-state index in [1.165, 1.54) is 45.4 Å². The zero-order valence-corrected chi connectivity index (χ0v) is 15.9. The maximum absolute atomic E-state index is 10.9. The second-order valence-electron chi connectivity index (χ2n) is 6.41. The van der Waals surface area contributed by atoms with Crippen molar-refractivity contribution >= 4 is 17.7 Å². The van der Waals surface area contributed by atoms with Crippen molar-refractivity contribution in [2.75, 3.05) is 0 Å². The summed E-state index contributed by atoms with van der Waals surface area (Å²) < 4.78 is 13.3. The first-order chi connectivity index (χ1) is 11.6. The van der Waals surface area contributed by atoms with Gasteiger partial charge in [0.05, 0.1) is 17.8 Å². The van der Waals surface area contributed by atoms with E-state index < -0.39 is 0 Å². The molecule has 0 radical (unpaired) electrons. The van der Waals surface area contributed by atoms with Gasteiger partial charge in [0.1, 0.15) is 5.69 Å². The van der Waals surface area contributed by atoms with Crippen LogP contribution < -0.4 is 4.74 Å². The predicted molar refractivity (Wildman–Crippen MR) is 96.0 cm³/mol. The van der Waals surface area contributed by atoms with E-state index in [2.05, 4.69) is 21.7 Å². The first kappa shape index (κ1) is 20.6. The van der Waals surface area contributed by atoms with Crippen LogP contribution in [0.5, 0.6) is 5.88 Å². The van der Waals surface area contributed by atoms with Gasteiger partial charge in [0.15, 0.2) is 0 Å². The summed E-state index contributed by atoms with van der Waals surface area (Å²) in [6, 6.07) is 2.22. The summed E-state index contributed by atoms with van der Waals surface area (Å²) in [6.07, 6.45) is 10.9. The third-order valence-corrected chi connectivity index (χ3v) is 4.70. The fourth-order valence-corrected chi connectivity index (χ4v) is 3.35. The fraction of sp³-hybridized carbons (Fsp3) is 0.778. The number of carbonyl (C=O) groups excluding carboxylic acids is 1. The summed E-state index contributed by atoms with van der Waals surface area (Å²) in [5.74, 6) is 0.808. The van der Waals surface area contributed by atoms with Crippen LogP contribution in [-0.2, 0) is 4.79 Å². The van der Waals surface area contributed by atoms with Crippen LogP contribution in [0.25, 0.3) is 0 Å². The number of nitrogens with zero attached hydrogens (tertiary/aromatic N) is 3. The zero-order chi connectivity index (χ0) is 17.8. The summed E-state index contributed by atoms with van der Waals surface area (Å²) in [6.45, 7) is 5.55. The Morgan fingerprint density at radius 3 is 2.62 bits per heavy atom. The Bertz CT molecular complexity index is 519. The van der Waals surface area contributed by atoms with Crippen LogP contribution in [0, 0.1) is 17.2 Å². The van der Waals surface area contributed by atoms with Crippen molar-refractivity contribution in [3.05, 3.63) is 5.69 Å². The van der Waals surface area contributed by atoms with Gasteiger partial charge in [-0.15, -0.1) is 4.37 Å². The minimum Gasteiger partial charge on any atom is -0.405 e. The van der Waals surface area contributed by atoms with Gasteiger partial charge < -0.3 is 4.74 Å². The molecule has 6 heteroatoms. The molecular formula is C18H29N3O2S. The smallest absolute Gasteiger partial charge is 0.309 e. The summed E-state index contributed by atoms with van der Waals surface area (Å²) in [4.78, 5) is 10.9. The van der Waals surface area contributed by atoms with Gasteiger partial charge in [-0.25, -0.2) is 0 Å². The van der Waals surface area contributed by atoms with Crippen molar-refractivity contribution in [3.8, 4) is 11.9 Å². The lowest BCUT2D eigenvalue weighted by Gasteiger charge is -2.19. The van der Waals surface area contributed by atoms with Crippen LogP contribution in [0.2, 0.25) is 0 Å². The van der Waals surface area contributed by atoms with Crippen molar-refractivity contribution in [3.63, 3.8) is 0 Å². The van der Waals surface area contributed by atoms with Gasteiger partial charge >= 0.3 is 5.97 Å². The molecular weight excluding hydrogens is 322 g/mol. The Balaban J connectivity index is 0.000000277. The van der Waals surface area contributed by atoms with Crippen molar-refractivity contribution in [1.82, 2.24) is 8.75 Å². The van der Waals surface area contributed by atoms with E-state index in [-0.39, 0.29) is 11.9 Å². The Morgan fingerprint density at radius 1 is 1.33 bits per heavy atom. The number of ether oxygens (including phenoxy) is 1. The van der Waals surface area contributed by atoms with Crippen molar-refractivity contribution in [2.24, 2.45) is 5.92 Å². The molecule has 1 heterocycles. The second kappa shape index (κ2) is 12.0. The highest BCUT2D eigenvalue weighted by molar-refractivity contribution is 6.99. The molecule has 0 amide bonds. The number of carbonyl (C=O) groups is 1. The molecule has 1 aromatic heterocycles. The minimum absolute atomic E-state index is 0.261. The topological polar surface area (TPSA) is 75.9 Å². The van der Waals surface area contributed by atoms with Crippen LogP contribution >= 0.6 is 11.7 Å². The van der Waals surface area contributed by atoms with Gasteiger partial charge in [-0.2, -0.15) is 9.64 Å². The van der Waals surface area contributed by atoms with Crippen LogP contribution in [0.4, 0.5) is 0 Å². The molecule has 1 unspecified atom stereocenters. The molecule has 5 nitrogen and oxygen atoms in total. The van der Waals surface area contributed by atoms with Crippen LogP contribution in [0.3, 0.4) is 0 Å². The molecule has 0 saturated heterocycles. The number of unbranched alkanes of at least 4 members (excludes halogenated alkanes) is 2. The van der Waals surface area contributed by atoms with Crippen molar-refractivity contribution in [2.45, 2.75) is 84.5 Å². The molecule has 0 aromatic carbocycles. The van der Waals surface area contributed by atoms with E-state index >= 15 is 0 Å². The lowest BCUT2D eigenvalue weighted by molar-refractivity contribution is -0.132. The third-order valence-electron chi connectivity index (χ3n) is 4.18. The molecule has 0 N–H and O–H groups in total. The molecule has 0 aliphatic heterocycles. The summed E-state index contributed by atoms with van der Waals surface area (Å²) in [7, 11) is 0. The molecule has 1 aliphatic rings. The summed E-state index contributed by atoms with van der Waals surface area (Å²) in [5.41, 5.74) is 0.884. The summed E-state index contributed by atoms with van der Waals surface area (Å²) >= 11 is 1.12. The molecule has 1 aliphatic carbocycles. The quantitative estimate of drug-likeness (QED) is 0.517. The molecule has 1 fully saturated rings. The second-order valence-corrected chi connectivity index (χ2v) is 6.94.